The first-order chi connectivity index (χ1) is 30.0. The van der Waals surface area contributed by atoms with Gasteiger partial charge in [0.25, 0.3) is 0 Å². The normalized spacial score (nSPS) is 13.0. The lowest BCUT2D eigenvalue weighted by Gasteiger charge is -2.30. The second-order valence-electron chi connectivity index (χ2n) is 19.7. The average molecular weight is 825 g/mol. The van der Waals surface area contributed by atoms with Gasteiger partial charge < -0.3 is 14.5 Å². The van der Waals surface area contributed by atoms with Crippen molar-refractivity contribution < 1.29 is 4.74 Å². The van der Waals surface area contributed by atoms with Crippen LogP contribution in [0.15, 0.2) is 140 Å². The van der Waals surface area contributed by atoms with Crippen molar-refractivity contribution in [2.45, 2.75) is 78.6 Å². The maximum Gasteiger partial charge on any atom is 0.187 e. The van der Waals surface area contributed by atoms with Crippen LogP contribution in [0.2, 0.25) is 0 Å². The Morgan fingerprint density at radius 2 is 1.33 bits per heavy atom. The lowest BCUT2D eigenvalue weighted by molar-refractivity contribution is 0.483. The molecule has 0 amide bonds. The molecule has 7 heteroatoms. The summed E-state index contributed by atoms with van der Waals surface area (Å²) < 4.78 is 8.94. The van der Waals surface area contributed by atoms with Gasteiger partial charge in [-0.15, -0.1) is 0 Å². The van der Waals surface area contributed by atoms with E-state index < -0.39 is 0 Å². The zero-order chi connectivity index (χ0) is 44.4. The third kappa shape index (κ3) is 7.66. The molecule has 0 radical (unpaired) electrons. The fourth-order valence-electron chi connectivity index (χ4n) is 8.60. The van der Waals surface area contributed by atoms with E-state index in [0.717, 1.165) is 61.5 Å². The van der Waals surface area contributed by atoms with Crippen LogP contribution < -0.4 is 14.5 Å². The number of anilines is 4. The van der Waals surface area contributed by atoms with Gasteiger partial charge >= 0.3 is 0 Å². The Labute approximate surface area is 371 Å². The number of nitriles is 1. The van der Waals surface area contributed by atoms with Crippen molar-refractivity contribution in [2.24, 2.45) is 0 Å². The molecule has 7 nitrogen and oxygen atoms in total. The number of fused-ring (bicyclic) bond motifs is 4. The summed E-state index contributed by atoms with van der Waals surface area (Å²) in [4.78, 5) is 13.4. The number of ether oxygens (including phenoxy) is 1. The lowest BCUT2D eigenvalue weighted by atomic mass is 9.80. The van der Waals surface area contributed by atoms with Crippen molar-refractivity contribution >= 4 is 50.2 Å². The molecule has 63 heavy (non-hydrogen) atoms. The van der Waals surface area contributed by atoms with Gasteiger partial charge in [-0.2, -0.15) is 5.26 Å². The molecule has 0 unspecified atom stereocenters. The number of pyridine rings is 1. The summed E-state index contributed by atoms with van der Waals surface area (Å²) in [6, 6.07) is 48.3. The molecule has 312 valence electrons. The molecule has 1 aliphatic rings. The van der Waals surface area contributed by atoms with Gasteiger partial charge in [0.2, 0.25) is 0 Å². The molecule has 0 fully saturated rings. The van der Waals surface area contributed by atoms with E-state index >= 15 is 0 Å². The molecule has 0 aliphatic carbocycles. The molecule has 0 saturated heterocycles. The van der Waals surface area contributed by atoms with Crippen LogP contribution in [-0.4, -0.2) is 16.2 Å². The van der Waals surface area contributed by atoms with Gasteiger partial charge in [-0.05, 0) is 117 Å². The zero-order valence-corrected chi connectivity index (χ0v) is 37.6. The predicted molar refractivity (Wildman–Crippen MR) is 260 cm³/mol. The molecule has 9 rings (SSSR count). The summed E-state index contributed by atoms with van der Waals surface area (Å²) in [6.07, 6.45) is 1.87. The van der Waals surface area contributed by atoms with Crippen molar-refractivity contribution in [2.75, 3.05) is 16.5 Å². The highest BCUT2D eigenvalue weighted by Gasteiger charge is 2.33. The van der Waals surface area contributed by atoms with Gasteiger partial charge in [0.05, 0.1) is 40.6 Å². The van der Waals surface area contributed by atoms with Crippen LogP contribution >= 0.6 is 0 Å². The molecule has 1 aliphatic heterocycles. The first-order valence-electron chi connectivity index (χ1n) is 21.6. The van der Waals surface area contributed by atoms with Gasteiger partial charge in [-0.25, -0.2) is 9.83 Å². The maximum atomic E-state index is 9.82. The molecular weight excluding hydrogens is 773 g/mol. The minimum atomic E-state index is -0.0620. The van der Waals surface area contributed by atoms with Crippen molar-refractivity contribution in [1.82, 2.24) is 9.55 Å². The van der Waals surface area contributed by atoms with E-state index in [1.165, 1.54) is 16.7 Å². The zero-order valence-electron chi connectivity index (χ0n) is 37.6. The fraction of sp³-hybridized carbons (Fsp3) is 0.232. The first-order valence-corrected chi connectivity index (χ1v) is 21.6. The maximum absolute atomic E-state index is 9.82. The van der Waals surface area contributed by atoms with Crippen LogP contribution in [0.4, 0.5) is 28.4 Å². The third-order valence-corrected chi connectivity index (χ3v) is 12.2. The van der Waals surface area contributed by atoms with Crippen LogP contribution in [0.3, 0.4) is 0 Å². The van der Waals surface area contributed by atoms with Crippen LogP contribution in [0.5, 0.6) is 11.5 Å². The molecule has 0 spiro atoms. The second-order valence-corrected chi connectivity index (χ2v) is 19.7. The van der Waals surface area contributed by atoms with Gasteiger partial charge in [0, 0.05) is 46.0 Å². The van der Waals surface area contributed by atoms with Gasteiger partial charge in [-0.1, -0.05) is 105 Å². The number of para-hydroxylation sites is 1. The predicted octanol–water partition coefficient (Wildman–Crippen LogP) is 15.2. The Balaban J connectivity index is 1.15. The van der Waals surface area contributed by atoms with Crippen molar-refractivity contribution in [3.05, 3.63) is 173 Å². The average Bonchev–Trinajstić information content (AvgIpc) is 3.81. The minimum Gasteiger partial charge on any atom is -0.457 e. The fourth-order valence-corrected chi connectivity index (χ4v) is 8.60. The monoisotopic (exact) mass is 824 g/mol. The van der Waals surface area contributed by atoms with E-state index in [9.17, 15) is 5.26 Å². The summed E-state index contributed by atoms with van der Waals surface area (Å²) in [6.45, 7) is 28.6. The van der Waals surface area contributed by atoms with E-state index in [4.69, 9.17) is 16.3 Å². The Hall–Kier alpha value is -7.35. The summed E-state index contributed by atoms with van der Waals surface area (Å²) in [5, 5.41) is 11.8. The van der Waals surface area contributed by atoms with Gasteiger partial charge in [0.1, 0.15) is 24.0 Å². The summed E-state index contributed by atoms with van der Waals surface area (Å²) >= 11 is 0. The van der Waals surface area contributed by atoms with Crippen molar-refractivity contribution in [1.29, 1.82) is 5.26 Å². The minimum absolute atomic E-state index is 0.0582. The second kappa shape index (κ2) is 15.2. The smallest absolute Gasteiger partial charge is 0.187 e. The molecule has 3 heterocycles. The number of hydrogen-bond acceptors (Lipinski definition) is 5. The number of nitrogens with zero attached hydrogens (tertiary/aromatic N) is 6. The Morgan fingerprint density at radius 1 is 0.619 bits per heavy atom. The van der Waals surface area contributed by atoms with E-state index in [1.54, 1.807) is 0 Å². The summed E-state index contributed by atoms with van der Waals surface area (Å²) in [5.41, 5.74) is 13.1. The highest BCUT2D eigenvalue weighted by molar-refractivity contribution is 6.10. The van der Waals surface area contributed by atoms with E-state index in [0.29, 0.717) is 29.4 Å². The third-order valence-electron chi connectivity index (χ3n) is 12.2. The van der Waals surface area contributed by atoms with Crippen LogP contribution in [0.1, 0.15) is 84.6 Å². The summed E-state index contributed by atoms with van der Waals surface area (Å²) in [5.74, 6) is 2.21. The standard InChI is InChI=1S/C56H52N6O/c1-54(2,3)38-24-25-59-52(31-38)62-49-23-20-36(34-57)26-48(49)47-22-21-45(33-51(47)62)63-44-17-12-16-42(32-44)60-35-61(43-29-39(55(4,5)6)28-40(30-43)56(7,8)9)53-46(18-13-19-50(53)60)37-14-11-15-41(27-37)58-10/h11-33H,35H2,1-9H3. The highest BCUT2D eigenvalue weighted by Crippen LogP contribution is 2.51. The molecule has 2 aromatic heterocycles. The van der Waals surface area contributed by atoms with Crippen LogP contribution in [0, 0.1) is 17.9 Å². The molecule has 0 atom stereocenters. The van der Waals surface area contributed by atoms with Crippen LogP contribution in [-0.2, 0) is 16.2 Å². The molecule has 8 aromatic rings. The molecule has 0 bridgehead atoms. The summed E-state index contributed by atoms with van der Waals surface area (Å²) in [7, 11) is 0. The van der Waals surface area contributed by atoms with E-state index in [-0.39, 0.29) is 16.2 Å². The van der Waals surface area contributed by atoms with E-state index in [1.807, 2.05) is 54.7 Å². The Bertz CT molecular complexity index is 3140. The van der Waals surface area contributed by atoms with E-state index in [2.05, 4.69) is 173 Å². The van der Waals surface area contributed by atoms with Crippen LogP contribution in [0.25, 0.3) is 43.6 Å². The topological polar surface area (TPSA) is 61.7 Å². The SMILES string of the molecule is [C-]#[N+]c1cccc(-c2cccc3c2N(c2cc(C(C)(C)C)cc(C(C)(C)C)c2)CN3c2cccc(Oc3ccc4c5cc(C#N)ccc5n(-c5cc(C(C)(C)C)ccn5)c4c3)c2)c1. The molecule has 0 N–H and O–H groups in total. The first kappa shape index (κ1) is 41.0. The number of benzene rings is 6. The largest absolute Gasteiger partial charge is 0.457 e. The lowest BCUT2D eigenvalue weighted by Crippen LogP contribution is -2.25. The quantitative estimate of drug-likeness (QED) is 0.156. The van der Waals surface area contributed by atoms with Gasteiger partial charge in [-0.3, -0.25) is 4.57 Å². The molecule has 6 aromatic carbocycles. The van der Waals surface area contributed by atoms with Crippen molar-refractivity contribution in [3.63, 3.8) is 0 Å². The highest BCUT2D eigenvalue weighted by atomic mass is 16.5. The Morgan fingerprint density at radius 3 is 2.05 bits per heavy atom. The number of aromatic nitrogens is 2. The van der Waals surface area contributed by atoms with Gasteiger partial charge in [0.15, 0.2) is 5.69 Å². The molecular formula is C56H52N6O. The number of rotatable bonds is 6. The number of hydrogen-bond donors (Lipinski definition) is 0. The molecule has 0 saturated carbocycles. The van der Waals surface area contributed by atoms with Crippen molar-refractivity contribution in [3.8, 4) is 34.5 Å². The Kier molecular flexibility index (Phi) is 9.91.